The standard InChI is InChI=1S/C27H29F3N3/c1-31(2)23-14-8-21(9-15-23)12-18-25-6-5-7-26(33(25)20-27(28,29)30)19-13-22-10-16-24(17-11-22)32(3)4/h5-19H,20H2,1-4H3/q+1. The van der Waals surface area contributed by atoms with Gasteiger partial charge in [0.1, 0.15) is 0 Å². The van der Waals surface area contributed by atoms with Crippen LogP contribution in [0.25, 0.3) is 24.3 Å². The van der Waals surface area contributed by atoms with E-state index in [1.54, 1.807) is 30.4 Å². The molecule has 3 rings (SSSR count). The average Bonchev–Trinajstić information content (AvgIpc) is 2.77. The molecule has 0 amide bonds. The number of pyridine rings is 1. The van der Waals surface area contributed by atoms with E-state index in [2.05, 4.69) is 0 Å². The lowest BCUT2D eigenvalue weighted by Crippen LogP contribution is -2.46. The Balaban J connectivity index is 1.91. The van der Waals surface area contributed by atoms with Crippen molar-refractivity contribution < 1.29 is 17.7 Å². The second kappa shape index (κ2) is 10.4. The van der Waals surface area contributed by atoms with Crippen LogP contribution in [0, 0.1) is 0 Å². The molecule has 0 aliphatic rings. The van der Waals surface area contributed by atoms with Gasteiger partial charge in [0.2, 0.25) is 17.9 Å². The molecule has 172 valence electrons. The molecule has 0 saturated heterocycles. The molecule has 0 bridgehead atoms. The summed E-state index contributed by atoms with van der Waals surface area (Å²) in [6, 6.07) is 20.9. The summed E-state index contributed by atoms with van der Waals surface area (Å²) in [6.45, 7) is -1.06. The summed E-state index contributed by atoms with van der Waals surface area (Å²) >= 11 is 0. The van der Waals surface area contributed by atoms with E-state index in [1.165, 1.54) is 4.57 Å². The van der Waals surface area contributed by atoms with Gasteiger partial charge in [-0.25, -0.2) is 0 Å². The Hall–Kier alpha value is -3.54. The maximum absolute atomic E-state index is 13.4. The summed E-state index contributed by atoms with van der Waals surface area (Å²) < 4.78 is 41.5. The van der Waals surface area contributed by atoms with Crippen LogP contribution in [0.3, 0.4) is 0 Å². The van der Waals surface area contributed by atoms with E-state index >= 15 is 0 Å². The fraction of sp³-hybridized carbons (Fsp3) is 0.222. The highest BCUT2D eigenvalue weighted by Gasteiger charge is 2.35. The van der Waals surface area contributed by atoms with Crippen LogP contribution in [0.15, 0.2) is 66.7 Å². The molecule has 0 fully saturated rings. The molecule has 3 aromatic rings. The molecule has 0 aliphatic heterocycles. The number of anilines is 2. The summed E-state index contributed by atoms with van der Waals surface area (Å²) in [5.41, 5.74) is 4.92. The molecule has 0 radical (unpaired) electrons. The molecule has 0 unspecified atom stereocenters. The lowest BCUT2D eigenvalue weighted by molar-refractivity contribution is -0.722. The molecule has 0 spiro atoms. The van der Waals surface area contributed by atoms with Crippen LogP contribution in [-0.2, 0) is 6.54 Å². The van der Waals surface area contributed by atoms with Crippen LogP contribution in [0.2, 0.25) is 0 Å². The third-order valence-corrected chi connectivity index (χ3v) is 5.21. The molecular weight excluding hydrogens is 423 g/mol. The molecule has 2 aromatic carbocycles. The predicted molar refractivity (Wildman–Crippen MR) is 132 cm³/mol. The molecule has 3 nitrogen and oxygen atoms in total. The van der Waals surface area contributed by atoms with Gasteiger partial charge in [-0.1, -0.05) is 24.3 Å². The largest absolute Gasteiger partial charge is 0.448 e. The van der Waals surface area contributed by atoms with Crippen molar-refractivity contribution in [1.82, 2.24) is 0 Å². The summed E-state index contributed by atoms with van der Waals surface area (Å²) in [6.07, 6.45) is 2.77. The van der Waals surface area contributed by atoms with E-state index in [4.69, 9.17) is 0 Å². The number of nitrogens with zero attached hydrogens (tertiary/aromatic N) is 3. The molecule has 0 aliphatic carbocycles. The van der Waals surface area contributed by atoms with E-state index in [0.717, 1.165) is 22.5 Å². The smallest absolute Gasteiger partial charge is 0.378 e. The fourth-order valence-electron chi connectivity index (χ4n) is 3.36. The third kappa shape index (κ3) is 6.97. The van der Waals surface area contributed by atoms with Gasteiger partial charge in [0.15, 0.2) is 0 Å². The van der Waals surface area contributed by atoms with Crippen molar-refractivity contribution in [3.05, 3.63) is 89.2 Å². The minimum Gasteiger partial charge on any atom is -0.378 e. The summed E-state index contributed by atoms with van der Waals surface area (Å²) in [5, 5.41) is 0. The van der Waals surface area contributed by atoms with Gasteiger partial charge in [-0.15, -0.1) is 0 Å². The highest BCUT2D eigenvalue weighted by molar-refractivity contribution is 5.70. The molecule has 6 heteroatoms. The topological polar surface area (TPSA) is 10.4 Å². The van der Waals surface area contributed by atoms with Crippen LogP contribution < -0.4 is 14.4 Å². The second-order valence-electron chi connectivity index (χ2n) is 8.22. The minimum atomic E-state index is -4.34. The van der Waals surface area contributed by atoms with Crippen molar-refractivity contribution in [2.24, 2.45) is 0 Å². The quantitative estimate of drug-likeness (QED) is 0.407. The van der Waals surface area contributed by atoms with E-state index in [0.29, 0.717) is 11.4 Å². The van der Waals surface area contributed by atoms with Crippen molar-refractivity contribution in [3.8, 4) is 0 Å². The number of alkyl halides is 3. The van der Waals surface area contributed by atoms with Gasteiger partial charge in [0, 0.05) is 63.9 Å². The zero-order chi connectivity index (χ0) is 24.0. The SMILES string of the molecule is CN(C)c1ccc(/C=C/c2cccc(/C=C/c3ccc(N(C)C)cc3)[n+]2CC(F)(F)F)cc1. The van der Waals surface area contributed by atoms with E-state index < -0.39 is 12.7 Å². The first-order valence-corrected chi connectivity index (χ1v) is 10.6. The molecule has 33 heavy (non-hydrogen) atoms. The summed E-state index contributed by atoms with van der Waals surface area (Å²) in [7, 11) is 7.84. The maximum atomic E-state index is 13.4. The molecule has 1 aromatic heterocycles. The maximum Gasteiger partial charge on any atom is 0.448 e. The average molecular weight is 453 g/mol. The Kier molecular flexibility index (Phi) is 7.59. The molecule has 1 heterocycles. The molecule has 0 saturated carbocycles. The van der Waals surface area contributed by atoms with Gasteiger partial charge in [0.25, 0.3) is 0 Å². The van der Waals surface area contributed by atoms with Gasteiger partial charge in [-0.3, -0.25) is 0 Å². The Labute approximate surface area is 193 Å². The lowest BCUT2D eigenvalue weighted by Gasteiger charge is -2.12. The highest BCUT2D eigenvalue weighted by Crippen LogP contribution is 2.19. The number of hydrogen-bond acceptors (Lipinski definition) is 2. The Bertz CT molecular complexity index is 1030. The zero-order valence-electron chi connectivity index (χ0n) is 19.3. The normalized spacial score (nSPS) is 12.0. The van der Waals surface area contributed by atoms with E-state index in [1.807, 2.05) is 98.7 Å². The Morgan fingerprint density at radius 3 is 1.36 bits per heavy atom. The molecule has 0 atom stereocenters. The van der Waals surface area contributed by atoms with Crippen LogP contribution >= 0.6 is 0 Å². The number of hydrogen-bond donors (Lipinski definition) is 0. The van der Waals surface area contributed by atoms with Crippen LogP contribution in [0.4, 0.5) is 24.5 Å². The summed E-state index contributed by atoms with van der Waals surface area (Å²) in [5.74, 6) is 0. The van der Waals surface area contributed by atoms with Gasteiger partial charge in [0.05, 0.1) is 0 Å². The number of aromatic nitrogens is 1. The van der Waals surface area contributed by atoms with Crippen LogP contribution in [0.1, 0.15) is 22.5 Å². The van der Waals surface area contributed by atoms with Crippen molar-refractivity contribution >= 4 is 35.7 Å². The lowest BCUT2D eigenvalue weighted by atomic mass is 10.1. The minimum absolute atomic E-state index is 0.481. The monoisotopic (exact) mass is 452 g/mol. The summed E-state index contributed by atoms with van der Waals surface area (Å²) in [4.78, 5) is 3.99. The number of halogens is 3. The number of rotatable bonds is 7. The van der Waals surface area contributed by atoms with Crippen LogP contribution in [-0.4, -0.2) is 34.4 Å². The Morgan fingerprint density at radius 1 is 0.636 bits per heavy atom. The molecular formula is C27H29F3N3+. The van der Waals surface area contributed by atoms with Crippen molar-refractivity contribution in [1.29, 1.82) is 0 Å². The van der Waals surface area contributed by atoms with Gasteiger partial charge in [-0.2, -0.15) is 17.7 Å². The van der Waals surface area contributed by atoms with Crippen LogP contribution in [0.5, 0.6) is 0 Å². The number of benzene rings is 2. The van der Waals surface area contributed by atoms with Gasteiger partial charge >= 0.3 is 6.18 Å². The first kappa shape index (κ1) is 24.1. The first-order valence-electron chi connectivity index (χ1n) is 10.6. The van der Waals surface area contributed by atoms with Crippen molar-refractivity contribution in [2.45, 2.75) is 12.7 Å². The third-order valence-electron chi connectivity index (χ3n) is 5.21. The Morgan fingerprint density at radius 2 is 1.03 bits per heavy atom. The van der Waals surface area contributed by atoms with Gasteiger partial charge < -0.3 is 9.80 Å². The van der Waals surface area contributed by atoms with E-state index in [9.17, 15) is 13.2 Å². The zero-order valence-corrected chi connectivity index (χ0v) is 19.3. The predicted octanol–water partition coefficient (Wildman–Crippen LogP) is 6.01. The molecule has 0 N–H and O–H groups in total. The van der Waals surface area contributed by atoms with E-state index in [-0.39, 0.29) is 0 Å². The first-order chi connectivity index (χ1) is 15.6. The van der Waals surface area contributed by atoms with Crippen molar-refractivity contribution in [3.63, 3.8) is 0 Å². The van der Waals surface area contributed by atoms with Gasteiger partial charge in [-0.05, 0) is 53.6 Å². The van der Waals surface area contributed by atoms with Crippen molar-refractivity contribution in [2.75, 3.05) is 38.0 Å². The fourth-order valence-corrected chi connectivity index (χ4v) is 3.36. The highest BCUT2D eigenvalue weighted by atomic mass is 19.4. The second-order valence-corrected chi connectivity index (χ2v) is 8.22.